The zero-order chi connectivity index (χ0) is 11.5. The van der Waals surface area contributed by atoms with Gasteiger partial charge in [-0.2, -0.15) is 0 Å². The van der Waals surface area contributed by atoms with Crippen LogP contribution in [0.25, 0.3) is 0 Å². The number of halogens is 1. The summed E-state index contributed by atoms with van der Waals surface area (Å²) in [6.07, 6.45) is 0. The molecule has 0 aliphatic rings. The van der Waals surface area contributed by atoms with Gasteiger partial charge in [0.25, 0.3) is 5.91 Å². The van der Waals surface area contributed by atoms with Crippen LogP contribution in [0.4, 0.5) is 5.69 Å². The summed E-state index contributed by atoms with van der Waals surface area (Å²) < 4.78 is 0.967. The summed E-state index contributed by atoms with van der Waals surface area (Å²) in [4.78, 5) is 12.5. The van der Waals surface area contributed by atoms with Gasteiger partial charge >= 0.3 is 0 Å². The number of carbonyl (C=O) groups is 1. The van der Waals surface area contributed by atoms with Gasteiger partial charge in [0.2, 0.25) is 0 Å². The first kappa shape index (κ1) is 11.4. The Kier molecular flexibility index (Phi) is 3.41. The fourth-order valence-electron chi connectivity index (χ4n) is 1.41. The number of hydrogen-bond donors (Lipinski definition) is 1. The highest BCUT2D eigenvalue weighted by molar-refractivity contribution is 9.10. The summed E-state index contributed by atoms with van der Waals surface area (Å²) in [5, 5.41) is 4.76. The lowest BCUT2D eigenvalue weighted by Crippen LogP contribution is -2.10. The first-order chi connectivity index (χ1) is 7.65. The molecule has 2 aromatic rings. The molecule has 2 rings (SSSR count). The van der Waals surface area contributed by atoms with E-state index in [0.29, 0.717) is 0 Å². The predicted molar refractivity (Wildman–Crippen MR) is 71.2 cm³/mol. The molecule has 0 bridgehead atoms. The SMILES string of the molecule is Cc1cc(Br)cc(NC(=O)c2cccs2)c1. The highest BCUT2D eigenvalue weighted by Gasteiger charge is 2.07. The number of thiophene rings is 1. The van der Waals surface area contributed by atoms with Crippen molar-refractivity contribution in [2.75, 3.05) is 5.32 Å². The molecule has 0 spiro atoms. The van der Waals surface area contributed by atoms with E-state index in [0.717, 1.165) is 20.6 Å². The molecule has 0 radical (unpaired) electrons. The van der Waals surface area contributed by atoms with Crippen LogP contribution in [-0.4, -0.2) is 5.91 Å². The van der Waals surface area contributed by atoms with Gasteiger partial charge in [-0.25, -0.2) is 0 Å². The Morgan fingerprint density at radius 3 is 2.81 bits per heavy atom. The van der Waals surface area contributed by atoms with E-state index in [1.54, 1.807) is 0 Å². The number of aryl methyl sites for hydroxylation is 1. The normalized spacial score (nSPS) is 10.1. The van der Waals surface area contributed by atoms with Crippen molar-refractivity contribution in [2.24, 2.45) is 0 Å². The van der Waals surface area contributed by atoms with Crippen LogP contribution in [-0.2, 0) is 0 Å². The van der Waals surface area contributed by atoms with E-state index in [1.807, 2.05) is 42.6 Å². The van der Waals surface area contributed by atoms with Crippen LogP contribution in [0.15, 0.2) is 40.2 Å². The molecule has 1 heterocycles. The van der Waals surface area contributed by atoms with Crippen LogP contribution in [0.5, 0.6) is 0 Å². The second-order valence-corrected chi connectivity index (χ2v) is 5.31. The molecule has 4 heteroatoms. The van der Waals surface area contributed by atoms with Gasteiger partial charge in [0.15, 0.2) is 0 Å². The van der Waals surface area contributed by atoms with E-state index in [9.17, 15) is 4.79 Å². The third-order valence-corrected chi connectivity index (χ3v) is 3.37. The standard InChI is InChI=1S/C12H10BrNOS/c1-8-5-9(13)7-10(6-8)14-12(15)11-3-2-4-16-11/h2-7H,1H3,(H,14,15). The minimum Gasteiger partial charge on any atom is -0.321 e. The lowest BCUT2D eigenvalue weighted by molar-refractivity contribution is 0.103. The van der Waals surface area contributed by atoms with E-state index in [1.165, 1.54) is 11.3 Å². The van der Waals surface area contributed by atoms with Crippen LogP contribution in [0.1, 0.15) is 15.2 Å². The molecule has 0 atom stereocenters. The van der Waals surface area contributed by atoms with Gasteiger partial charge in [-0.3, -0.25) is 4.79 Å². The first-order valence-electron chi connectivity index (χ1n) is 4.77. The smallest absolute Gasteiger partial charge is 0.265 e. The highest BCUT2D eigenvalue weighted by atomic mass is 79.9. The molecule has 0 aliphatic heterocycles. The van der Waals surface area contributed by atoms with E-state index in [4.69, 9.17) is 0 Å². The van der Waals surface area contributed by atoms with Crippen molar-refractivity contribution >= 4 is 38.9 Å². The van der Waals surface area contributed by atoms with Crippen LogP contribution in [0, 0.1) is 6.92 Å². The van der Waals surface area contributed by atoms with Crippen molar-refractivity contribution in [3.8, 4) is 0 Å². The number of amides is 1. The van der Waals surface area contributed by atoms with Gasteiger partial charge in [0.1, 0.15) is 0 Å². The summed E-state index contributed by atoms with van der Waals surface area (Å²) in [6, 6.07) is 9.51. The number of benzene rings is 1. The zero-order valence-electron chi connectivity index (χ0n) is 8.66. The van der Waals surface area contributed by atoms with E-state index in [2.05, 4.69) is 21.2 Å². The number of carbonyl (C=O) groups excluding carboxylic acids is 1. The topological polar surface area (TPSA) is 29.1 Å². The maximum atomic E-state index is 11.8. The molecular formula is C12H10BrNOS. The van der Waals surface area contributed by atoms with Gasteiger partial charge in [-0.05, 0) is 42.1 Å². The van der Waals surface area contributed by atoms with Crippen LogP contribution in [0.3, 0.4) is 0 Å². The maximum absolute atomic E-state index is 11.8. The summed E-state index contributed by atoms with van der Waals surface area (Å²) in [5.41, 5.74) is 1.92. The Morgan fingerprint density at radius 2 is 2.19 bits per heavy atom. The second-order valence-electron chi connectivity index (χ2n) is 3.45. The van der Waals surface area contributed by atoms with Crippen molar-refractivity contribution in [3.63, 3.8) is 0 Å². The third-order valence-electron chi connectivity index (χ3n) is 2.04. The molecule has 1 amide bonds. The monoisotopic (exact) mass is 295 g/mol. The highest BCUT2D eigenvalue weighted by Crippen LogP contribution is 2.20. The average molecular weight is 296 g/mol. The molecule has 0 aliphatic carbocycles. The summed E-state index contributed by atoms with van der Waals surface area (Å²) in [5.74, 6) is -0.0625. The molecule has 1 N–H and O–H groups in total. The number of rotatable bonds is 2. The molecule has 0 saturated heterocycles. The lowest BCUT2D eigenvalue weighted by Gasteiger charge is -2.05. The molecule has 0 saturated carbocycles. The van der Waals surface area contributed by atoms with Gasteiger partial charge in [-0.15, -0.1) is 11.3 Å². The summed E-state index contributed by atoms with van der Waals surface area (Å²) >= 11 is 4.84. The molecule has 1 aromatic carbocycles. The summed E-state index contributed by atoms with van der Waals surface area (Å²) in [6.45, 7) is 1.99. The van der Waals surface area contributed by atoms with Gasteiger partial charge < -0.3 is 5.32 Å². The lowest BCUT2D eigenvalue weighted by atomic mass is 10.2. The van der Waals surface area contributed by atoms with Crippen molar-refractivity contribution < 1.29 is 4.79 Å². The Balaban J connectivity index is 2.18. The number of hydrogen-bond acceptors (Lipinski definition) is 2. The minimum atomic E-state index is -0.0625. The second kappa shape index (κ2) is 4.80. The Morgan fingerprint density at radius 1 is 1.38 bits per heavy atom. The Labute approximate surface area is 106 Å². The van der Waals surface area contributed by atoms with Crippen molar-refractivity contribution in [1.29, 1.82) is 0 Å². The Bertz CT molecular complexity index is 487. The molecular weight excluding hydrogens is 286 g/mol. The van der Waals surface area contributed by atoms with Crippen molar-refractivity contribution in [3.05, 3.63) is 50.6 Å². The van der Waals surface area contributed by atoms with E-state index >= 15 is 0 Å². The van der Waals surface area contributed by atoms with Gasteiger partial charge in [-0.1, -0.05) is 22.0 Å². The predicted octanol–water partition coefficient (Wildman–Crippen LogP) is 4.07. The summed E-state index contributed by atoms with van der Waals surface area (Å²) in [7, 11) is 0. The maximum Gasteiger partial charge on any atom is 0.265 e. The largest absolute Gasteiger partial charge is 0.321 e. The van der Waals surface area contributed by atoms with E-state index < -0.39 is 0 Å². The van der Waals surface area contributed by atoms with Crippen molar-refractivity contribution in [1.82, 2.24) is 0 Å². The molecule has 0 unspecified atom stereocenters. The van der Waals surface area contributed by atoms with Crippen LogP contribution in [0.2, 0.25) is 0 Å². The molecule has 2 nitrogen and oxygen atoms in total. The molecule has 1 aromatic heterocycles. The number of anilines is 1. The average Bonchev–Trinajstić information content (AvgIpc) is 2.68. The zero-order valence-corrected chi connectivity index (χ0v) is 11.1. The van der Waals surface area contributed by atoms with Gasteiger partial charge in [0.05, 0.1) is 4.88 Å². The number of nitrogens with one attached hydrogen (secondary N) is 1. The minimum absolute atomic E-state index is 0.0625. The van der Waals surface area contributed by atoms with Crippen molar-refractivity contribution in [2.45, 2.75) is 6.92 Å². The Hall–Kier alpha value is -1.13. The van der Waals surface area contributed by atoms with E-state index in [-0.39, 0.29) is 5.91 Å². The first-order valence-corrected chi connectivity index (χ1v) is 6.44. The molecule has 16 heavy (non-hydrogen) atoms. The molecule has 0 fully saturated rings. The fraction of sp³-hybridized carbons (Fsp3) is 0.0833. The fourth-order valence-corrected chi connectivity index (χ4v) is 2.64. The molecule has 82 valence electrons. The quantitative estimate of drug-likeness (QED) is 0.889. The van der Waals surface area contributed by atoms with Crippen LogP contribution >= 0.6 is 27.3 Å². The van der Waals surface area contributed by atoms with Crippen LogP contribution < -0.4 is 5.32 Å². The van der Waals surface area contributed by atoms with Gasteiger partial charge in [0, 0.05) is 10.2 Å². The third kappa shape index (κ3) is 2.71.